The maximum absolute atomic E-state index is 11.7. The van der Waals surface area contributed by atoms with Crippen molar-refractivity contribution < 1.29 is 4.79 Å². The second kappa shape index (κ2) is 7.48. The summed E-state index contributed by atoms with van der Waals surface area (Å²) in [4.78, 5) is 11.7. The largest absolute Gasteiger partial charge is 0.364 e. The van der Waals surface area contributed by atoms with Crippen LogP contribution in [0.3, 0.4) is 0 Å². The predicted molar refractivity (Wildman–Crippen MR) is 98.9 cm³/mol. The Morgan fingerprint density at radius 3 is 2.56 bits per heavy atom. The summed E-state index contributed by atoms with van der Waals surface area (Å²) in [5, 5.41) is 14.6. The van der Waals surface area contributed by atoms with Gasteiger partial charge in [-0.25, -0.2) is 0 Å². The number of hydrogen-bond acceptors (Lipinski definition) is 6. The number of nitrogens with zero attached hydrogens (tertiary/aromatic N) is 2. The molecule has 1 aromatic heterocycles. The van der Waals surface area contributed by atoms with Gasteiger partial charge in [-0.05, 0) is 31.9 Å². The minimum absolute atomic E-state index is 0.0971. The SMILES string of the molecule is Cc1ccc(Nc2cc(N[C@@H]3CCCC[C@@H]3N)nnc2C(N)=O)cc1. The summed E-state index contributed by atoms with van der Waals surface area (Å²) in [5.41, 5.74) is 14.2. The summed E-state index contributed by atoms with van der Waals surface area (Å²) in [6, 6.07) is 9.86. The molecule has 1 saturated carbocycles. The van der Waals surface area contributed by atoms with Gasteiger partial charge in [0.05, 0.1) is 5.69 Å². The summed E-state index contributed by atoms with van der Waals surface area (Å²) in [6.07, 6.45) is 4.30. The van der Waals surface area contributed by atoms with Gasteiger partial charge < -0.3 is 22.1 Å². The number of nitrogens with one attached hydrogen (secondary N) is 2. The highest BCUT2D eigenvalue weighted by molar-refractivity contribution is 5.97. The third kappa shape index (κ3) is 4.24. The maximum atomic E-state index is 11.7. The molecule has 3 rings (SSSR count). The van der Waals surface area contributed by atoms with Gasteiger partial charge in [0, 0.05) is 23.8 Å². The Balaban J connectivity index is 1.83. The Morgan fingerprint density at radius 1 is 1.16 bits per heavy atom. The monoisotopic (exact) mass is 340 g/mol. The van der Waals surface area contributed by atoms with Crippen LogP contribution >= 0.6 is 0 Å². The Kier molecular flexibility index (Phi) is 5.14. The fraction of sp³-hybridized carbons (Fsp3) is 0.389. The normalized spacial score (nSPS) is 20.1. The van der Waals surface area contributed by atoms with E-state index in [9.17, 15) is 4.79 Å². The van der Waals surface area contributed by atoms with Crippen molar-refractivity contribution in [1.82, 2.24) is 10.2 Å². The van der Waals surface area contributed by atoms with Gasteiger partial charge in [-0.1, -0.05) is 30.5 Å². The first-order chi connectivity index (χ1) is 12.0. The number of rotatable bonds is 5. The molecule has 7 nitrogen and oxygen atoms in total. The van der Waals surface area contributed by atoms with Gasteiger partial charge in [0.2, 0.25) is 0 Å². The predicted octanol–water partition coefficient (Wildman–Crippen LogP) is 2.31. The Hall–Kier alpha value is -2.67. The zero-order valence-electron chi connectivity index (χ0n) is 14.3. The van der Waals surface area contributed by atoms with Gasteiger partial charge in [-0.15, -0.1) is 10.2 Å². The second-order valence-electron chi connectivity index (χ2n) is 6.55. The number of aromatic nitrogens is 2. The Bertz CT molecular complexity index is 746. The van der Waals surface area contributed by atoms with E-state index < -0.39 is 5.91 Å². The molecule has 0 radical (unpaired) electrons. The van der Waals surface area contributed by atoms with Crippen molar-refractivity contribution in [2.75, 3.05) is 10.6 Å². The fourth-order valence-electron chi connectivity index (χ4n) is 3.06. The molecule has 25 heavy (non-hydrogen) atoms. The highest BCUT2D eigenvalue weighted by atomic mass is 16.1. The van der Waals surface area contributed by atoms with Crippen molar-refractivity contribution in [2.45, 2.75) is 44.7 Å². The van der Waals surface area contributed by atoms with Gasteiger partial charge in [0.15, 0.2) is 11.5 Å². The van der Waals surface area contributed by atoms with Crippen LogP contribution in [0.1, 0.15) is 41.7 Å². The van der Waals surface area contributed by atoms with Crippen LogP contribution in [0.5, 0.6) is 0 Å². The lowest BCUT2D eigenvalue weighted by Gasteiger charge is -2.29. The number of benzene rings is 1. The quantitative estimate of drug-likeness (QED) is 0.663. The summed E-state index contributed by atoms with van der Waals surface area (Å²) in [7, 11) is 0. The molecule has 0 bridgehead atoms. The van der Waals surface area contributed by atoms with E-state index in [0.29, 0.717) is 11.5 Å². The summed E-state index contributed by atoms with van der Waals surface area (Å²) >= 11 is 0. The molecule has 1 aromatic carbocycles. The molecule has 0 unspecified atom stereocenters. The third-order valence-electron chi connectivity index (χ3n) is 4.51. The van der Waals surface area contributed by atoms with E-state index in [0.717, 1.165) is 36.9 Å². The van der Waals surface area contributed by atoms with Gasteiger partial charge in [-0.2, -0.15) is 0 Å². The summed E-state index contributed by atoms with van der Waals surface area (Å²) < 4.78 is 0. The minimum Gasteiger partial charge on any atom is -0.364 e. The molecule has 6 N–H and O–H groups in total. The van der Waals surface area contributed by atoms with E-state index in [1.54, 1.807) is 6.07 Å². The van der Waals surface area contributed by atoms with Crippen molar-refractivity contribution in [3.8, 4) is 0 Å². The van der Waals surface area contributed by atoms with Gasteiger partial charge in [0.1, 0.15) is 0 Å². The van der Waals surface area contributed by atoms with Gasteiger partial charge in [0.25, 0.3) is 5.91 Å². The van der Waals surface area contributed by atoms with Crippen LogP contribution in [0.25, 0.3) is 0 Å². The minimum atomic E-state index is -0.622. The van der Waals surface area contributed by atoms with Crippen molar-refractivity contribution >= 4 is 23.1 Å². The van der Waals surface area contributed by atoms with E-state index >= 15 is 0 Å². The molecule has 0 aliphatic heterocycles. The highest BCUT2D eigenvalue weighted by Crippen LogP contribution is 2.24. The van der Waals surface area contributed by atoms with Crippen LogP contribution in [-0.2, 0) is 0 Å². The van der Waals surface area contributed by atoms with E-state index in [2.05, 4.69) is 20.8 Å². The first-order valence-corrected chi connectivity index (χ1v) is 8.56. The van der Waals surface area contributed by atoms with Crippen molar-refractivity contribution in [3.05, 3.63) is 41.6 Å². The number of primary amides is 1. The molecular weight excluding hydrogens is 316 g/mol. The average Bonchev–Trinajstić information content (AvgIpc) is 2.59. The topological polar surface area (TPSA) is 119 Å². The molecule has 0 saturated heterocycles. The molecule has 2 atom stereocenters. The first kappa shape index (κ1) is 17.2. The van der Waals surface area contributed by atoms with Crippen molar-refractivity contribution in [2.24, 2.45) is 11.5 Å². The zero-order chi connectivity index (χ0) is 17.8. The molecule has 1 aliphatic carbocycles. The molecule has 2 aromatic rings. The van der Waals surface area contributed by atoms with Crippen LogP contribution in [0, 0.1) is 6.92 Å². The maximum Gasteiger partial charge on any atom is 0.271 e. The zero-order valence-corrected chi connectivity index (χ0v) is 14.3. The number of amides is 1. The smallest absolute Gasteiger partial charge is 0.271 e. The molecule has 7 heteroatoms. The first-order valence-electron chi connectivity index (χ1n) is 8.56. The van der Waals surface area contributed by atoms with Gasteiger partial charge in [-0.3, -0.25) is 4.79 Å². The Labute approximate surface area is 147 Å². The van der Waals surface area contributed by atoms with Crippen LogP contribution < -0.4 is 22.1 Å². The number of anilines is 3. The van der Waals surface area contributed by atoms with Crippen LogP contribution in [0.15, 0.2) is 30.3 Å². The average molecular weight is 340 g/mol. The summed E-state index contributed by atoms with van der Waals surface area (Å²) in [6.45, 7) is 2.02. The van der Waals surface area contributed by atoms with Crippen molar-refractivity contribution in [3.63, 3.8) is 0 Å². The third-order valence-corrected chi connectivity index (χ3v) is 4.51. The number of carbonyl (C=O) groups excluding carboxylic acids is 1. The fourth-order valence-corrected chi connectivity index (χ4v) is 3.06. The molecule has 1 fully saturated rings. The number of hydrogen-bond donors (Lipinski definition) is 4. The van der Waals surface area contributed by atoms with Crippen LogP contribution in [0.4, 0.5) is 17.2 Å². The molecule has 0 spiro atoms. The molecule has 1 heterocycles. The lowest BCUT2D eigenvalue weighted by Crippen LogP contribution is -2.42. The number of carbonyl (C=O) groups is 1. The van der Waals surface area contributed by atoms with E-state index in [-0.39, 0.29) is 17.8 Å². The lowest BCUT2D eigenvalue weighted by atomic mass is 9.91. The second-order valence-corrected chi connectivity index (χ2v) is 6.55. The van der Waals surface area contributed by atoms with E-state index in [4.69, 9.17) is 11.5 Å². The van der Waals surface area contributed by atoms with Crippen LogP contribution in [-0.4, -0.2) is 28.2 Å². The lowest BCUT2D eigenvalue weighted by molar-refractivity contribution is 0.0995. The van der Waals surface area contributed by atoms with E-state index in [1.165, 1.54) is 0 Å². The highest BCUT2D eigenvalue weighted by Gasteiger charge is 2.22. The number of aryl methyl sites for hydroxylation is 1. The molecular formula is C18H24N6O. The number of nitrogens with two attached hydrogens (primary N) is 2. The standard InChI is InChI=1S/C18H24N6O/c1-11-6-8-12(9-7-11)21-15-10-16(23-24-17(15)18(20)25)22-14-5-3-2-4-13(14)19/h6-10,13-14H,2-5,19H2,1H3,(H2,20,25)(H2,21,22,23)/t13-,14+/m0/s1. The molecule has 1 amide bonds. The summed E-state index contributed by atoms with van der Waals surface area (Å²) in [5.74, 6) is -0.0370. The molecule has 132 valence electrons. The Morgan fingerprint density at radius 2 is 1.88 bits per heavy atom. The van der Waals surface area contributed by atoms with E-state index in [1.807, 2.05) is 31.2 Å². The van der Waals surface area contributed by atoms with Crippen LogP contribution in [0.2, 0.25) is 0 Å². The molecule has 1 aliphatic rings. The van der Waals surface area contributed by atoms with Crippen molar-refractivity contribution in [1.29, 1.82) is 0 Å². The van der Waals surface area contributed by atoms with Gasteiger partial charge >= 0.3 is 0 Å².